The van der Waals surface area contributed by atoms with Gasteiger partial charge in [-0.15, -0.1) is 0 Å². The van der Waals surface area contributed by atoms with E-state index in [1.165, 1.54) is 24.0 Å². The molecule has 0 spiro atoms. The minimum absolute atomic E-state index is 0.514. The molecule has 0 aromatic heterocycles. The molecule has 14 heavy (non-hydrogen) atoms. The summed E-state index contributed by atoms with van der Waals surface area (Å²) in [6, 6.07) is 7.04. The second kappa shape index (κ2) is 3.12. The SMILES string of the molecule is Cc1cc(C2(C)CC2)ccc1C(C)C. The molecule has 1 fully saturated rings. The lowest BCUT2D eigenvalue weighted by molar-refractivity contribution is 0.780. The van der Waals surface area contributed by atoms with Gasteiger partial charge in [0.15, 0.2) is 0 Å². The van der Waals surface area contributed by atoms with Crippen molar-refractivity contribution >= 4 is 0 Å². The van der Waals surface area contributed by atoms with Crippen LogP contribution in [0.4, 0.5) is 0 Å². The number of rotatable bonds is 2. The molecule has 0 amide bonds. The summed E-state index contributed by atoms with van der Waals surface area (Å²) in [5, 5.41) is 0. The highest BCUT2D eigenvalue weighted by Gasteiger charge is 2.38. The Morgan fingerprint density at radius 2 is 1.86 bits per heavy atom. The highest BCUT2D eigenvalue weighted by Crippen LogP contribution is 2.47. The van der Waals surface area contributed by atoms with Gasteiger partial charge in [0, 0.05) is 0 Å². The monoisotopic (exact) mass is 188 g/mol. The van der Waals surface area contributed by atoms with Crippen LogP contribution in [0.3, 0.4) is 0 Å². The zero-order chi connectivity index (χ0) is 10.3. The highest BCUT2D eigenvalue weighted by molar-refractivity contribution is 5.38. The molecule has 0 N–H and O–H groups in total. The molecule has 0 atom stereocenters. The van der Waals surface area contributed by atoms with Gasteiger partial charge in [-0.25, -0.2) is 0 Å². The third-order valence-corrected chi connectivity index (χ3v) is 3.59. The Balaban J connectivity index is 2.36. The Morgan fingerprint density at radius 1 is 1.21 bits per heavy atom. The van der Waals surface area contributed by atoms with Gasteiger partial charge in [-0.2, -0.15) is 0 Å². The predicted octanol–water partition coefficient (Wildman–Crippen LogP) is 4.17. The molecule has 1 aromatic rings. The van der Waals surface area contributed by atoms with Crippen molar-refractivity contribution in [1.82, 2.24) is 0 Å². The average Bonchev–Trinajstić information content (AvgIpc) is 2.84. The molecule has 76 valence electrons. The largest absolute Gasteiger partial charge is 0.0587 e. The van der Waals surface area contributed by atoms with Crippen LogP contribution in [-0.2, 0) is 5.41 Å². The fraction of sp³-hybridized carbons (Fsp3) is 0.571. The summed E-state index contributed by atoms with van der Waals surface area (Å²) in [7, 11) is 0. The van der Waals surface area contributed by atoms with Crippen molar-refractivity contribution in [2.24, 2.45) is 0 Å². The first-order chi connectivity index (χ1) is 6.53. The summed E-state index contributed by atoms with van der Waals surface area (Å²) in [6.07, 6.45) is 2.74. The summed E-state index contributed by atoms with van der Waals surface area (Å²) < 4.78 is 0. The molecule has 0 unspecified atom stereocenters. The van der Waals surface area contributed by atoms with Gasteiger partial charge in [-0.3, -0.25) is 0 Å². The van der Waals surface area contributed by atoms with E-state index >= 15 is 0 Å². The van der Waals surface area contributed by atoms with Crippen LogP contribution in [0, 0.1) is 6.92 Å². The predicted molar refractivity (Wildman–Crippen MR) is 61.9 cm³/mol. The van der Waals surface area contributed by atoms with Crippen molar-refractivity contribution in [2.45, 2.75) is 51.9 Å². The summed E-state index contributed by atoms with van der Waals surface area (Å²) in [5.41, 5.74) is 5.02. The lowest BCUT2D eigenvalue weighted by atomic mass is 9.91. The Labute approximate surface area is 87.3 Å². The molecule has 0 aliphatic heterocycles. The lowest BCUT2D eigenvalue weighted by Crippen LogP contribution is -2.02. The summed E-state index contributed by atoms with van der Waals surface area (Å²) in [4.78, 5) is 0. The molecule has 1 aromatic carbocycles. The van der Waals surface area contributed by atoms with Gasteiger partial charge in [0.1, 0.15) is 0 Å². The van der Waals surface area contributed by atoms with Gasteiger partial charge in [-0.1, -0.05) is 39.0 Å². The zero-order valence-electron chi connectivity index (χ0n) is 9.72. The maximum atomic E-state index is 2.39. The van der Waals surface area contributed by atoms with Crippen molar-refractivity contribution in [3.05, 3.63) is 34.9 Å². The van der Waals surface area contributed by atoms with Crippen LogP contribution in [-0.4, -0.2) is 0 Å². The molecule has 0 radical (unpaired) electrons. The van der Waals surface area contributed by atoms with Crippen LogP contribution in [0.5, 0.6) is 0 Å². The Hall–Kier alpha value is -0.780. The first kappa shape index (κ1) is 9.76. The molecule has 0 saturated heterocycles. The highest BCUT2D eigenvalue weighted by atomic mass is 14.4. The standard InChI is InChI=1S/C14H20/c1-10(2)13-6-5-12(9-11(13)3)14(4)7-8-14/h5-6,9-10H,7-8H2,1-4H3. The number of benzene rings is 1. The van der Waals surface area contributed by atoms with E-state index < -0.39 is 0 Å². The Kier molecular flexibility index (Phi) is 2.17. The third kappa shape index (κ3) is 1.58. The van der Waals surface area contributed by atoms with E-state index in [2.05, 4.69) is 45.9 Å². The van der Waals surface area contributed by atoms with Crippen molar-refractivity contribution in [3.8, 4) is 0 Å². The van der Waals surface area contributed by atoms with Crippen LogP contribution in [0.15, 0.2) is 18.2 Å². The van der Waals surface area contributed by atoms with Gasteiger partial charge in [0.2, 0.25) is 0 Å². The van der Waals surface area contributed by atoms with Gasteiger partial charge in [0.25, 0.3) is 0 Å². The van der Waals surface area contributed by atoms with E-state index in [0.717, 1.165) is 0 Å². The van der Waals surface area contributed by atoms with Gasteiger partial charge in [0.05, 0.1) is 0 Å². The molecular weight excluding hydrogens is 168 g/mol. The summed E-state index contributed by atoms with van der Waals surface area (Å²) in [6.45, 7) is 9.14. The maximum absolute atomic E-state index is 2.39. The topological polar surface area (TPSA) is 0 Å². The third-order valence-electron chi connectivity index (χ3n) is 3.59. The maximum Gasteiger partial charge on any atom is -0.00745 e. The summed E-state index contributed by atoms with van der Waals surface area (Å²) in [5.74, 6) is 0.649. The van der Waals surface area contributed by atoms with Crippen molar-refractivity contribution < 1.29 is 0 Å². The second-order valence-electron chi connectivity index (χ2n) is 5.29. The van der Waals surface area contributed by atoms with Crippen LogP contribution < -0.4 is 0 Å². The molecule has 0 nitrogen and oxygen atoms in total. The minimum Gasteiger partial charge on any atom is -0.0587 e. The normalized spacial score (nSPS) is 18.6. The molecule has 0 bridgehead atoms. The minimum atomic E-state index is 0.514. The number of hydrogen-bond donors (Lipinski definition) is 0. The van der Waals surface area contributed by atoms with Gasteiger partial charge < -0.3 is 0 Å². The van der Waals surface area contributed by atoms with E-state index in [4.69, 9.17) is 0 Å². The molecular formula is C14H20. The molecule has 1 aliphatic carbocycles. The van der Waals surface area contributed by atoms with Crippen LogP contribution >= 0.6 is 0 Å². The Morgan fingerprint density at radius 3 is 2.29 bits per heavy atom. The lowest BCUT2D eigenvalue weighted by Gasteiger charge is -2.14. The number of aryl methyl sites for hydroxylation is 1. The first-order valence-corrected chi connectivity index (χ1v) is 5.64. The fourth-order valence-electron chi connectivity index (χ4n) is 2.18. The molecule has 0 heterocycles. The zero-order valence-corrected chi connectivity index (χ0v) is 9.72. The van der Waals surface area contributed by atoms with E-state index in [-0.39, 0.29) is 0 Å². The molecule has 1 aliphatic rings. The van der Waals surface area contributed by atoms with Crippen molar-refractivity contribution in [1.29, 1.82) is 0 Å². The fourth-order valence-corrected chi connectivity index (χ4v) is 2.18. The quantitative estimate of drug-likeness (QED) is 0.653. The van der Waals surface area contributed by atoms with Crippen LogP contribution in [0.25, 0.3) is 0 Å². The van der Waals surface area contributed by atoms with E-state index in [0.29, 0.717) is 11.3 Å². The van der Waals surface area contributed by atoms with Crippen LogP contribution in [0.1, 0.15) is 56.2 Å². The van der Waals surface area contributed by atoms with Crippen molar-refractivity contribution in [2.75, 3.05) is 0 Å². The first-order valence-electron chi connectivity index (χ1n) is 5.64. The van der Waals surface area contributed by atoms with E-state index in [1.54, 1.807) is 5.56 Å². The van der Waals surface area contributed by atoms with Gasteiger partial charge >= 0.3 is 0 Å². The smallest absolute Gasteiger partial charge is 0.00745 e. The Bertz CT molecular complexity index is 343. The molecule has 0 heteroatoms. The van der Waals surface area contributed by atoms with E-state index in [9.17, 15) is 0 Å². The van der Waals surface area contributed by atoms with Crippen molar-refractivity contribution in [3.63, 3.8) is 0 Å². The van der Waals surface area contributed by atoms with E-state index in [1.807, 2.05) is 0 Å². The summed E-state index contributed by atoms with van der Waals surface area (Å²) >= 11 is 0. The molecule has 2 rings (SSSR count). The van der Waals surface area contributed by atoms with Gasteiger partial charge in [-0.05, 0) is 47.8 Å². The number of hydrogen-bond acceptors (Lipinski definition) is 0. The molecule has 1 saturated carbocycles. The average molecular weight is 188 g/mol. The second-order valence-corrected chi connectivity index (χ2v) is 5.29. The van der Waals surface area contributed by atoms with Crippen LogP contribution in [0.2, 0.25) is 0 Å².